The maximum atomic E-state index is 5.62. The highest BCUT2D eigenvalue weighted by molar-refractivity contribution is 9.09. The Morgan fingerprint density at radius 3 is 2.31 bits per heavy atom. The standard InChI is InChI=1S/C14H21BrO/c1-4-14(2,3)12-6-8-13(9-7-12)16-11-5-10-15/h6-9H,4-5,10-11H2,1-3H3. The van der Waals surface area contributed by atoms with Crippen LogP contribution in [0.25, 0.3) is 0 Å². The first kappa shape index (κ1) is 13.6. The number of hydrogen-bond acceptors (Lipinski definition) is 1. The third-order valence-electron chi connectivity index (χ3n) is 3.07. The number of ether oxygens (including phenoxy) is 1. The van der Waals surface area contributed by atoms with Crippen LogP contribution >= 0.6 is 15.9 Å². The minimum absolute atomic E-state index is 0.258. The molecule has 0 saturated heterocycles. The van der Waals surface area contributed by atoms with Crippen LogP contribution in [0, 0.1) is 0 Å². The van der Waals surface area contributed by atoms with Crippen molar-refractivity contribution in [3.63, 3.8) is 0 Å². The molecule has 0 spiro atoms. The summed E-state index contributed by atoms with van der Waals surface area (Å²) >= 11 is 3.39. The van der Waals surface area contributed by atoms with Crippen LogP contribution in [0.15, 0.2) is 24.3 Å². The molecule has 0 saturated carbocycles. The lowest BCUT2D eigenvalue weighted by atomic mass is 9.82. The van der Waals surface area contributed by atoms with E-state index in [2.05, 4.69) is 61.0 Å². The number of halogens is 1. The van der Waals surface area contributed by atoms with Crippen molar-refractivity contribution in [2.75, 3.05) is 11.9 Å². The van der Waals surface area contributed by atoms with Gasteiger partial charge >= 0.3 is 0 Å². The van der Waals surface area contributed by atoms with Crippen molar-refractivity contribution in [1.82, 2.24) is 0 Å². The van der Waals surface area contributed by atoms with E-state index in [-0.39, 0.29) is 5.41 Å². The molecular weight excluding hydrogens is 264 g/mol. The largest absolute Gasteiger partial charge is 0.494 e. The predicted octanol–water partition coefficient (Wildman–Crippen LogP) is 4.54. The summed E-state index contributed by atoms with van der Waals surface area (Å²) < 4.78 is 5.62. The molecule has 0 aromatic heterocycles. The Hall–Kier alpha value is -0.500. The molecule has 0 heterocycles. The number of benzene rings is 1. The fourth-order valence-corrected chi connectivity index (χ4v) is 1.68. The summed E-state index contributed by atoms with van der Waals surface area (Å²) in [5.74, 6) is 0.969. The molecule has 0 aliphatic carbocycles. The molecule has 1 nitrogen and oxygen atoms in total. The van der Waals surface area contributed by atoms with Crippen LogP contribution in [0.2, 0.25) is 0 Å². The Labute approximate surface area is 107 Å². The molecule has 0 fully saturated rings. The fourth-order valence-electron chi connectivity index (χ4n) is 1.45. The highest BCUT2D eigenvalue weighted by Crippen LogP contribution is 2.27. The van der Waals surface area contributed by atoms with Gasteiger partial charge in [-0.15, -0.1) is 0 Å². The average molecular weight is 285 g/mol. The summed E-state index contributed by atoms with van der Waals surface area (Å²) in [6.45, 7) is 7.55. The smallest absolute Gasteiger partial charge is 0.119 e. The van der Waals surface area contributed by atoms with Crippen molar-refractivity contribution in [2.24, 2.45) is 0 Å². The molecule has 16 heavy (non-hydrogen) atoms. The highest BCUT2D eigenvalue weighted by Gasteiger charge is 2.17. The van der Waals surface area contributed by atoms with Crippen molar-refractivity contribution in [3.8, 4) is 5.75 Å². The van der Waals surface area contributed by atoms with Gasteiger partial charge in [0.05, 0.1) is 6.61 Å². The zero-order valence-corrected chi connectivity index (χ0v) is 12.0. The first-order valence-corrected chi connectivity index (χ1v) is 7.01. The zero-order chi connectivity index (χ0) is 12.0. The minimum Gasteiger partial charge on any atom is -0.494 e. The molecule has 90 valence electrons. The molecule has 1 rings (SSSR count). The van der Waals surface area contributed by atoms with Gasteiger partial charge in [0.2, 0.25) is 0 Å². The first-order chi connectivity index (χ1) is 7.60. The fraction of sp³-hybridized carbons (Fsp3) is 0.571. The summed E-state index contributed by atoms with van der Waals surface area (Å²) in [5, 5.41) is 0.994. The lowest BCUT2D eigenvalue weighted by molar-refractivity contribution is 0.319. The Kier molecular flexibility index (Phi) is 5.33. The summed E-state index contributed by atoms with van der Waals surface area (Å²) in [4.78, 5) is 0. The van der Waals surface area contributed by atoms with E-state index in [9.17, 15) is 0 Å². The molecule has 0 amide bonds. The highest BCUT2D eigenvalue weighted by atomic mass is 79.9. The number of hydrogen-bond donors (Lipinski definition) is 0. The molecule has 2 heteroatoms. The second kappa shape index (κ2) is 6.29. The van der Waals surface area contributed by atoms with Crippen LogP contribution in [-0.2, 0) is 5.41 Å². The van der Waals surface area contributed by atoms with Gasteiger partial charge in [0.15, 0.2) is 0 Å². The van der Waals surface area contributed by atoms with E-state index in [1.807, 2.05) is 0 Å². The van der Waals surface area contributed by atoms with Crippen LogP contribution < -0.4 is 4.74 Å². The van der Waals surface area contributed by atoms with E-state index in [1.54, 1.807) is 0 Å². The van der Waals surface area contributed by atoms with Crippen LogP contribution in [0.3, 0.4) is 0 Å². The molecule has 0 unspecified atom stereocenters. The molecule has 0 atom stereocenters. The monoisotopic (exact) mass is 284 g/mol. The molecule has 0 aliphatic rings. The number of alkyl halides is 1. The molecule has 0 N–H and O–H groups in total. The van der Waals surface area contributed by atoms with E-state index in [1.165, 1.54) is 5.56 Å². The van der Waals surface area contributed by atoms with Gasteiger partial charge in [-0.3, -0.25) is 0 Å². The lowest BCUT2D eigenvalue weighted by Crippen LogP contribution is -2.15. The second-order valence-electron chi connectivity index (χ2n) is 4.65. The summed E-state index contributed by atoms with van der Waals surface area (Å²) in [6, 6.07) is 8.49. The average Bonchev–Trinajstić information content (AvgIpc) is 2.30. The van der Waals surface area contributed by atoms with Gasteiger partial charge in [-0.05, 0) is 36.0 Å². The van der Waals surface area contributed by atoms with Gasteiger partial charge in [-0.1, -0.05) is 48.8 Å². The summed E-state index contributed by atoms with van der Waals surface area (Å²) in [5.41, 5.74) is 1.64. The Morgan fingerprint density at radius 2 is 1.81 bits per heavy atom. The van der Waals surface area contributed by atoms with Crippen LogP contribution in [0.4, 0.5) is 0 Å². The van der Waals surface area contributed by atoms with E-state index < -0.39 is 0 Å². The normalized spacial score (nSPS) is 11.5. The topological polar surface area (TPSA) is 9.23 Å². The lowest BCUT2D eigenvalue weighted by Gasteiger charge is -2.23. The summed E-state index contributed by atoms with van der Waals surface area (Å²) in [7, 11) is 0. The Bertz CT molecular complexity index is 303. The molecule has 0 radical (unpaired) electrons. The Morgan fingerprint density at radius 1 is 1.19 bits per heavy atom. The van der Waals surface area contributed by atoms with E-state index in [4.69, 9.17) is 4.74 Å². The third kappa shape index (κ3) is 3.82. The molecule has 1 aromatic rings. The van der Waals surface area contributed by atoms with Crippen LogP contribution in [0.5, 0.6) is 5.75 Å². The van der Waals surface area contributed by atoms with Gasteiger partial charge in [0, 0.05) is 5.33 Å². The van der Waals surface area contributed by atoms with Crippen molar-refractivity contribution in [1.29, 1.82) is 0 Å². The van der Waals surface area contributed by atoms with Gasteiger partial charge < -0.3 is 4.74 Å². The third-order valence-corrected chi connectivity index (χ3v) is 3.63. The van der Waals surface area contributed by atoms with Crippen molar-refractivity contribution in [2.45, 2.75) is 39.0 Å². The molecule has 0 bridgehead atoms. The zero-order valence-electron chi connectivity index (χ0n) is 10.4. The quantitative estimate of drug-likeness (QED) is 0.551. The van der Waals surface area contributed by atoms with Gasteiger partial charge in [-0.25, -0.2) is 0 Å². The maximum Gasteiger partial charge on any atom is 0.119 e. The van der Waals surface area contributed by atoms with Gasteiger partial charge in [0.1, 0.15) is 5.75 Å². The van der Waals surface area contributed by atoms with Crippen molar-refractivity contribution < 1.29 is 4.74 Å². The van der Waals surface area contributed by atoms with Crippen LogP contribution in [-0.4, -0.2) is 11.9 Å². The maximum absolute atomic E-state index is 5.62. The predicted molar refractivity (Wildman–Crippen MR) is 73.7 cm³/mol. The van der Waals surface area contributed by atoms with E-state index in [0.29, 0.717) is 0 Å². The van der Waals surface area contributed by atoms with E-state index in [0.717, 1.165) is 30.5 Å². The molecular formula is C14H21BrO. The SMILES string of the molecule is CCC(C)(C)c1ccc(OCCCBr)cc1. The Balaban J connectivity index is 2.61. The number of rotatable bonds is 6. The van der Waals surface area contributed by atoms with E-state index >= 15 is 0 Å². The van der Waals surface area contributed by atoms with Crippen molar-refractivity contribution >= 4 is 15.9 Å². The minimum atomic E-state index is 0.258. The first-order valence-electron chi connectivity index (χ1n) is 5.89. The second-order valence-corrected chi connectivity index (χ2v) is 5.45. The molecule has 0 aliphatic heterocycles. The van der Waals surface area contributed by atoms with Crippen molar-refractivity contribution in [3.05, 3.63) is 29.8 Å². The van der Waals surface area contributed by atoms with Gasteiger partial charge in [-0.2, -0.15) is 0 Å². The van der Waals surface area contributed by atoms with Crippen LogP contribution in [0.1, 0.15) is 39.2 Å². The summed E-state index contributed by atoms with van der Waals surface area (Å²) in [6.07, 6.45) is 2.19. The molecule has 1 aromatic carbocycles. The van der Waals surface area contributed by atoms with Gasteiger partial charge in [0.25, 0.3) is 0 Å².